The monoisotopic (exact) mass is 314 g/mol. The second-order valence-electron chi connectivity index (χ2n) is 4.52. The second kappa shape index (κ2) is 6.10. The normalized spacial score (nSPS) is 12.4. The van der Waals surface area contributed by atoms with Crippen LogP contribution in [-0.4, -0.2) is 36.2 Å². The van der Waals surface area contributed by atoms with Gasteiger partial charge in [0, 0.05) is 0 Å². The summed E-state index contributed by atoms with van der Waals surface area (Å²) in [6.45, 7) is 1.78. The summed E-state index contributed by atoms with van der Waals surface area (Å²) in [4.78, 5) is 19.4. The average molecular weight is 314 g/mol. The molecule has 0 fully saturated rings. The lowest BCUT2D eigenvalue weighted by Crippen LogP contribution is -2.33. The van der Waals surface area contributed by atoms with Crippen LogP contribution in [0.25, 0.3) is 16.9 Å². The molecule has 3 aromatic rings. The van der Waals surface area contributed by atoms with Crippen molar-refractivity contribution in [3.05, 3.63) is 36.7 Å². The molecule has 22 heavy (non-hydrogen) atoms. The van der Waals surface area contributed by atoms with E-state index in [1.807, 2.05) is 30.3 Å². The summed E-state index contributed by atoms with van der Waals surface area (Å²) < 4.78 is 1.60. The van der Waals surface area contributed by atoms with Crippen LogP contribution in [-0.2, 0) is 4.79 Å². The average Bonchev–Trinajstić information content (AvgIpc) is 2.98. The van der Waals surface area contributed by atoms with Crippen LogP contribution >= 0.6 is 11.8 Å². The van der Waals surface area contributed by atoms with Gasteiger partial charge in [0.15, 0.2) is 11.2 Å². The van der Waals surface area contributed by atoms with Crippen molar-refractivity contribution in [2.45, 2.75) is 23.6 Å². The van der Waals surface area contributed by atoms with E-state index >= 15 is 0 Å². The first-order valence-electron chi connectivity index (χ1n) is 6.70. The molecule has 8 heteroatoms. The molecule has 0 unspecified atom stereocenters. The van der Waals surface area contributed by atoms with Crippen LogP contribution in [0.4, 0.5) is 0 Å². The molecular formula is C14H12N5O2S-. The number of para-hydroxylation sites is 1. The minimum atomic E-state index is -1.12. The lowest BCUT2D eigenvalue weighted by atomic mass is 10.3. The van der Waals surface area contributed by atoms with Crippen molar-refractivity contribution in [2.75, 3.05) is 0 Å². The van der Waals surface area contributed by atoms with E-state index in [1.165, 1.54) is 6.33 Å². The molecular weight excluding hydrogens is 302 g/mol. The molecule has 0 N–H and O–H groups in total. The number of aromatic nitrogens is 5. The molecule has 0 aliphatic rings. The highest BCUT2D eigenvalue weighted by Gasteiger charge is 2.17. The fourth-order valence-electron chi connectivity index (χ4n) is 1.99. The molecule has 1 atom stereocenters. The van der Waals surface area contributed by atoms with Gasteiger partial charge in [0.25, 0.3) is 0 Å². The van der Waals surface area contributed by atoms with Gasteiger partial charge in [0.05, 0.1) is 16.9 Å². The number of carboxylic acid groups (broad SMARTS) is 1. The van der Waals surface area contributed by atoms with Gasteiger partial charge in [0.2, 0.25) is 0 Å². The van der Waals surface area contributed by atoms with E-state index < -0.39 is 11.2 Å². The fourth-order valence-corrected chi connectivity index (χ4v) is 2.87. The molecule has 0 amide bonds. The zero-order valence-corrected chi connectivity index (χ0v) is 12.5. The first-order chi connectivity index (χ1) is 10.7. The Balaban J connectivity index is 2.04. The lowest BCUT2D eigenvalue weighted by Gasteiger charge is -2.14. The minimum Gasteiger partial charge on any atom is -0.549 e. The van der Waals surface area contributed by atoms with E-state index in [4.69, 9.17) is 0 Å². The number of hydrogen-bond acceptors (Lipinski definition) is 7. The van der Waals surface area contributed by atoms with Crippen LogP contribution in [0.5, 0.6) is 0 Å². The van der Waals surface area contributed by atoms with Crippen LogP contribution < -0.4 is 5.11 Å². The van der Waals surface area contributed by atoms with E-state index in [1.54, 1.807) is 11.6 Å². The van der Waals surface area contributed by atoms with E-state index in [2.05, 4.69) is 20.3 Å². The zero-order valence-electron chi connectivity index (χ0n) is 11.7. The van der Waals surface area contributed by atoms with Gasteiger partial charge < -0.3 is 9.90 Å². The molecule has 2 aromatic heterocycles. The molecule has 0 saturated carbocycles. The molecule has 0 aliphatic carbocycles. The Labute approximate surface area is 130 Å². The van der Waals surface area contributed by atoms with Gasteiger partial charge in [-0.15, -0.1) is 5.10 Å². The number of nitrogens with zero attached hydrogens (tertiary/aromatic N) is 5. The van der Waals surface area contributed by atoms with E-state index in [0.717, 1.165) is 17.4 Å². The highest BCUT2D eigenvalue weighted by molar-refractivity contribution is 8.00. The number of aliphatic carboxylic acids is 1. The third-order valence-electron chi connectivity index (χ3n) is 3.09. The Morgan fingerprint density at radius 2 is 2.09 bits per heavy atom. The molecule has 3 rings (SSSR count). The van der Waals surface area contributed by atoms with Crippen molar-refractivity contribution >= 4 is 28.9 Å². The summed E-state index contributed by atoms with van der Waals surface area (Å²) >= 11 is 1.11. The number of carboxylic acids is 1. The number of fused-ring (bicyclic) bond motifs is 1. The fraction of sp³-hybridized carbons (Fsp3) is 0.214. The van der Waals surface area contributed by atoms with Crippen molar-refractivity contribution in [3.63, 3.8) is 0 Å². The van der Waals surface area contributed by atoms with Crippen molar-refractivity contribution in [3.8, 4) is 5.69 Å². The largest absolute Gasteiger partial charge is 0.549 e. The maximum atomic E-state index is 11.1. The quantitative estimate of drug-likeness (QED) is 0.508. The Bertz CT molecular complexity index is 805. The Hall–Kier alpha value is -2.48. The van der Waals surface area contributed by atoms with Crippen LogP contribution in [0, 0.1) is 0 Å². The summed E-state index contributed by atoms with van der Waals surface area (Å²) in [5, 5.41) is 19.1. The van der Waals surface area contributed by atoms with Gasteiger partial charge in [-0.2, -0.15) is 4.68 Å². The van der Waals surface area contributed by atoms with E-state index in [0.29, 0.717) is 22.6 Å². The molecule has 0 spiro atoms. The molecule has 0 saturated heterocycles. The standard InChI is InChI=1S/C14H13N5O2S/c1-2-10(14(20)21)22-13-11-12(15-8-16-13)19(18-17-11)9-6-4-3-5-7-9/h3-8,10H,2H2,1H3,(H,20,21)/p-1/t10-/m0/s1. The van der Waals surface area contributed by atoms with Gasteiger partial charge in [-0.05, 0) is 18.6 Å². The predicted molar refractivity (Wildman–Crippen MR) is 79.4 cm³/mol. The van der Waals surface area contributed by atoms with E-state index in [-0.39, 0.29) is 0 Å². The third kappa shape index (κ3) is 2.64. The molecule has 7 nitrogen and oxygen atoms in total. The maximum absolute atomic E-state index is 11.1. The van der Waals surface area contributed by atoms with Crippen LogP contribution in [0.3, 0.4) is 0 Å². The van der Waals surface area contributed by atoms with Crippen LogP contribution in [0.15, 0.2) is 41.7 Å². The number of benzene rings is 1. The Morgan fingerprint density at radius 1 is 1.32 bits per heavy atom. The first kappa shape index (κ1) is 14.5. The summed E-state index contributed by atoms with van der Waals surface area (Å²) in [6, 6.07) is 9.47. The zero-order chi connectivity index (χ0) is 15.5. The highest BCUT2D eigenvalue weighted by Crippen LogP contribution is 2.28. The summed E-state index contributed by atoms with van der Waals surface area (Å²) in [5.41, 5.74) is 1.85. The van der Waals surface area contributed by atoms with E-state index in [9.17, 15) is 9.90 Å². The summed E-state index contributed by atoms with van der Waals surface area (Å²) in [7, 11) is 0. The van der Waals surface area contributed by atoms with Crippen molar-refractivity contribution in [1.82, 2.24) is 25.0 Å². The number of carbonyl (C=O) groups is 1. The van der Waals surface area contributed by atoms with Gasteiger partial charge in [-0.25, -0.2) is 9.97 Å². The second-order valence-corrected chi connectivity index (χ2v) is 5.71. The summed E-state index contributed by atoms with van der Waals surface area (Å²) in [5.74, 6) is -1.12. The van der Waals surface area contributed by atoms with Crippen LogP contribution in [0.2, 0.25) is 0 Å². The number of thioether (sulfide) groups is 1. The molecule has 0 aliphatic heterocycles. The third-order valence-corrected chi connectivity index (χ3v) is 4.42. The molecule has 112 valence electrons. The van der Waals surface area contributed by atoms with Gasteiger partial charge in [0.1, 0.15) is 11.4 Å². The molecule has 2 heterocycles. The number of hydrogen-bond donors (Lipinski definition) is 0. The van der Waals surface area contributed by atoms with Crippen molar-refractivity contribution in [1.29, 1.82) is 0 Å². The van der Waals surface area contributed by atoms with Gasteiger partial charge >= 0.3 is 0 Å². The maximum Gasteiger partial charge on any atom is 0.187 e. The van der Waals surface area contributed by atoms with Gasteiger partial charge in [-0.3, -0.25) is 0 Å². The SMILES string of the molecule is CC[C@H](Sc1ncnc2c1nnn2-c1ccccc1)C(=O)[O-]. The van der Waals surface area contributed by atoms with Gasteiger partial charge in [-0.1, -0.05) is 42.1 Å². The van der Waals surface area contributed by atoms with Crippen LogP contribution in [0.1, 0.15) is 13.3 Å². The smallest absolute Gasteiger partial charge is 0.187 e. The molecule has 0 radical (unpaired) electrons. The van der Waals surface area contributed by atoms with Crippen molar-refractivity contribution in [2.24, 2.45) is 0 Å². The molecule has 1 aromatic carbocycles. The van der Waals surface area contributed by atoms with Crippen molar-refractivity contribution < 1.29 is 9.90 Å². The topological polar surface area (TPSA) is 96.6 Å². The minimum absolute atomic E-state index is 0.436. The highest BCUT2D eigenvalue weighted by atomic mass is 32.2. The summed E-state index contributed by atoms with van der Waals surface area (Å²) in [6.07, 6.45) is 1.82. The predicted octanol–water partition coefficient (Wildman–Crippen LogP) is 0.831. The Morgan fingerprint density at radius 3 is 2.77 bits per heavy atom. The lowest BCUT2D eigenvalue weighted by molar-refractivity contribution is -0.304. The molecule has 0 bridgehead atoms. The first-order valence-corrected chi connectivity index (χ1v) is 7.58. The Kier molecular flexibility index (Phi) is 4.01. The number of rotatable bonds is 5. The number of carbonyl (C=O) groups excluding carboxylic acids is 1.